The number of nitrogens with zero attached hydrogens (tertiary/aromatic N) is 5. The maximum Gasteiger partial charge on any atom is 0.335 e. The molecule has 0 atom stereocenters. The molecule has 2 aliphatic rings. The minimum absolute atomic E-state index is 0.0388. The average molecular weight is 500 g/mol. The Morgan fingerprint density at radius 2 is 2.11 bits per heavy atom. The van der Waals surface area contributed by atoms with Gasteiger partial charge in [0.2, 0.25) is 0 Å². The largest absolute Gasteiger partial charge is 0.494 e. The van der Waals surface area contributed by atoms with Crippen LogP contribution in [0.15, 0.2) is 29.7 Å². The maximum absolute atomic E-state index is 10.5. The fourth-order valence-electron chi connectivity index (χ4n) is 4.68. The first-order valence-corrected chi connectivity index (χ1v) is 11.9. The Labute approximate surface area is 210 Å². The molecule has 10 nitrogen and oxygen atoms in total. The van der Waals surface area contributed by atoms with E-state index in [1.165, 1.54) is 12.6 Å². The van der Waals surface area contributed by atoms with Crippen LogP contribution in [0.2, 0.25) is 0 Å². The molecule has 194 valence electrons. The number of carboxylic acids is 1. The number of aliphatic carboxylic acids is 1. The molecule has 3 heterocycles. The summed E-state index contributed by atoms with van der Waals surface area (Å²) in [5.74, 6) is -0.830. The van der Waals surface area contributed by atoms with Gasteiger partial charge in [0.25, 0.3) is 0 Å². The van der Waals surface area contributed by atoms with Crippen LogP contribution >= 0.6 is 0 Å². The van der Waals surface area contributed by atoms with Gasteiger partial charge in [-0.2, -0.15) is 10.4 Å². The highest BCUT2D eigenvalue weighted by Crippen LogP contribution is 2.31. The van der Waals surface area contributed by atoms with Crippen LogP contribution in [0.25, 0.3) is 11.1 Å². The van der Waals surface area contributed by atoms with Crippen LogP contribution in [0.4, 0.5) is 4.39 Å². The van der Waals surface area contributed by atoms with E-state index < -0.39 is 12.6 Å². The number of ether oxygens (including phenoxy) is 1. The molecule has 0 aromatic carbocycles. The Bertz CT molecular complexity index is 1170. The molecule has 5 N–H and O–H groups in total. The Morgan fingerprint density at radius 1 is 1.44 bits per heavy atom. The van der Waals surface area contributed by atoms with Crippen molar-refractivity contribution in [1.82, 2.24) is 14.5 Å². The molecule has 0 amide bonds. The van der Waals surface area contributed by atoms with Crippen LogP contribution in [-0.4, -0.2) is 76.3 Å². The van der Waals surface area contributed by atoms with E-state index in [1.807, 2.05) is 19.2 Å². The van der Waals surface area contributed by atoms with Gasteiger partial charge >= 0.3 is 5.97 Å². The van der Waals surface area contributed by atoms with Crippen molar-refractivity contribution in [2.24, 2.45) is 16.5 Å². The second-order valence-corrected chi connectivity index (χ2v) is 9.31. The van der Waals surface area contributed by atoms with Crippen molar-refractivity contribution in [3.63, 3.8) is 0 Å². The third kappa shape index (κ3) is 6.38. The highest BCUT2D eigenvalue weighted by atomic mass is 19.1. The van der Waals surface area contributed by atoms with E-state index in [9.17, 15) is 9.65 Å². The van der Waals surface area contributed by atoms with E-state index in [0.717, 1.165) is 62.2 Å². The number of allylic oxidation sites excluding steroid dienone is 1. The van der Waals surface area contributed by atoms with E-state index in [1.54, 1.807) is 17.8 Å². The molecular weight excluding hydrogens is 465 g/mol. The fourth-order valence-corrected chi connectivity index (χ4v) is 4.68. The van der Waals surface area contributed by atoms with E-state index in [0.29, 0.717) is 16.8 Å². The summed E-state index contributed by atoms with van der Waals surface area (Å²) in [6, 6.07) is 4.32. The highest BCUT2D eigenvalue weighted by Gasteiger charge is 2.35. The standard InChI is InChI=1S/C23H31N7O.C2H3FO2/c1-16(28-19-4-8-29(9-5-19)15-23(26)6-3-7-23)20(12-25)17-10-21(31-2)22-18(11-24)13-27-30(22)14-17;3-1-2(4)5/h10,12-14,19H,3-9,15,25-26H2,1-2H3;1H2,(H,4,5)/b20-12+,28-16?;. The summed E-state index contributed by atoms with van der Waals surface area (Å²) in [6.07, 6.45) is 10.6. The van der Waals surface area contributed by atoms with E-state index in [4.69, 9.17) is 31.1 Å². The van der Waals surface area contributed by atoms with Gasteiger partial charge in [-0.05, 0) is 45.1 Å². The molecule has 36 heavy (non-hydrogen) atoms. The van der Waals surface area contributed by atoms with Gasteiger partial charge in [0.15, 0.2) is 6.67 Å². The number of hydrogen-bond acceptors (Lipinski definition) is 8. The molecule has 2 aromatic heterocycles. The number of aliphatic imine (C=N–C) groups is 1. The van der Waals surface area contributed by atoms with Crippen molar-refractivity contribution in [2.45, 2.75) is 50.6 Å². The third-order valence-corrected chi connectivity index (χ3v) is 6.72. The van der Waals surface area contributed by atoms with Gasteiger partial charge in [-0.25, -0.2) is 13.7 Å². The summed E-state index contributed by atoms with van der Waals surface area (Å²) in [4.78, 5) is 16.5. The molecule has 0 radical (unpaired) electrons. The van der Waals surface area contributed by atoms with Gasteiger partial charge in [0.05, 0.1) is 19.3 Å². The molecule has 1 aliphatic heterocycles. The summed E-state index contributed by atoms with van der Waals surface area (Å²) < 4.78 is 17.7. The summed E-state index contributed by atoms with van der Waals surface area (Å²) in [7, 11) is 1.59. The average Bonchev–Trinajstić information content (AvgIpc) is 3.28. The first-order valence-electron chi connectivity index (χ1n) is 11.9. The number of methoxy groups -OCH3 is 1. The van der Waals surface area contributed by atoms with Gasteiger partial charge < -0.3 is 26.2 Å². The highest BCUT2D eigenvalue weighted by molar-refractivity contribution is 6.22. The zero-order valence-electron chi connectivity index (χ0n) is 20.8. The smallest absolute Gasteiger partial charge is 0.335 e. The van der Waals surface area contributed by atoms with Crippen molar-refractivity contribution in [2.75, 3.05) is 33.4 Å². The van der Waals surface area contributed by atoms with Crippen molar-refractivity contribution in [3.05, 3.63) is 35.8 Å². The number of hydrogen-bond donors (Lipinski definition) is 3. The van der Waals surface area contributed by atoms with Crippen molar-refractivity contribution >= 4 is 22.8 Å². The topological polar surface area (TPSA) is 155 Å². The molecule has 11 heteroatoms. The molecule has 2 aromatic rings. The van der Waals surface area contributed by atoms with Gasteiger partial charge in [0, 0.05) is 54.4 Å². The van der Waals surface area contributed by atoms with E-state index >= 15 is 0 Å². The normalized spacial score (nSPS) is 18.6. The number of piperidine rings is 1. The zero-order chi connectivity index (χ0) is 26.3. The molecule has 0 unspecified atom stereocenters. The predicted octanol–water partition coefficient (Wildman–Crippen LogP) is 2.36. The van der Waals surface area contributed by atoms with Crippen molar-refractivity contribution < 1.29 is 19.0 Å². The number of aromatic nitrogens is 2. The maximum atomic E-state index is 10.5. The van der Waals surface area contributed by atoms with Crippen LogP contribution in [-0.2, 0) is 4.79 Å². The Hall–Kier alpha value is -3.49. The molecular formula is C25H34FN7O3. The lowest BCUT2D eigenvalue weighted by Gasteiger charge is -2.43. The number of alkyl halides is 1. The number of nitriles is 1. The molecule has 1 saturated heterocycles. The lowest BCUT2D eigenvalue weighted by atomic mass is 9.77. The van der Waals surface area contributed by atoms with E-state index in [-0.39, 0.29) is 11.6 Å². The number of nitrogens with two attached hydrogens (primary N) is 2. The second kappa shape index (κ2) is 12.0. The Morgan fingerprint density at radius 3 is 2.61 bits per heavy atom. The van der Waals surface area contributed by atoms with Crippen LogP contribution in [0.5, 0.6) is 5.75 Å². The second-order valence-electron chi connectivity index (χ2n) is 9.31. The predicted molar refractivity (Wildman–Crippen MR) is 136 cm³/mol. The first kappa shape index (κ1) is 27.1. The zero-order valence-corrected chi connectivity index (χ0v) is 20.8. The van der Waals surface area contributed by atoms with Crippen LogP contribution in [0.3, 0.4) is 0 Å². The number of rotatable bonds is 7. The number of fused-ring (bicyclic) bond motifs is 1. The van der Waals surface area contributed by atoms with Gasteiger partial charge in [-0.15, -0.1) is 0 Å². The van der Waals surface area contributed by atoms with E-state index in [2.05, 4.69) is 16.1 Å². The first-order chi connectivity index (χ1) is 17.2. The van der Waals surface area contributed by atoms with Crippen LogP contribution in [0.1, 0.15) is 50.2 Å². The van der Waals surface area contributed by atoms with Crippen LogP contribution < -0.4 is 16.2 Å². The molecule has 1 saturated carbocycles. The molecule has 0 bridgehead atoms. The Balaban J connectivity index is 0.000000658. The quantitative estimate of drug-likeness (QED) is 0.490. The summed E-state index contributed by atoms with van der Waals surface area (Å²) in [5, 5.41) is 21.0. The van der Waals surface area contributed by atoms with Crippen LogP contribution in [0, 0.1) is 11.3 Å². The van der Waals surface area contributed by atoms with Gasteiger partial charge in [0.1, 0.15) is 22.9 Å². The number of likely N-dealkylation sites (tertiary alicyclic amines) is 1. The minimum Gasteiger partial charge on any atom is -0.494 e. The number of carbonyl (C=O) groups is 1. The lowest BCUT2D eigenvalue weighted by molar-refractivity contribution is -0.137. The van der Waals surface area contributed by atoms with Gasteiger partial charge in [-0.3, -0.25) is 4.99 Å². The molecule has 2 fully saturated rings. The summed E-state index contributed by atoms with van der Waals surface area (Å²) in [6.45, 7) is 3.79. The SMILES string of the molecule is COc1cc(/C(=C/N)C(C)=NC2CCN(CC3(N)CCC3)CC2)cn2ncc(C#N)c12.O=C(O)CF. The monoisotopic (exact) mass is 499 g/mol. The number of carboxylic acid groups (broad SMARTS) is 1. The number of halogens is 1. The summed E-state index contributed by atoms with van der Waals surface area (Å²) in [5.41, 5.74) is 16.2. The van der Waals surface area contributed by atoms with Gasteiger partial charge in [-0.1, -0.05) is 0 Å². The molecule has 0 spiro atoms. The number of pyridine rings is 1. The third-order valence-electron chi connectivity index (χ3n) is 6.72. The molecule has 1 aliphatic carbocycles. The summed E-state index contributed by atoms with van der Waals surface area (Å²) >= 11 is 0. The molecule has 4 rings (SSSR count). The lowest BCUT2D eigenvalue weighted by Crippen LogP contribution is -2.56. The van der Waals surface area contributed by atoms with Crippen molar-refractivity contribution in [1.29, 1.82) is 5.26 Å². The Kier molecular flexibility index (Phi) is 9.01. The van der Waals surface area contributed by atoms with Crippen molar-refractivity contribution in [3.8, 4) is 11.8 Å². The minimum atomic E-state index is -1.41. The fraction of sp³-hybridized carbons (Fsp3) is 0.520.